The van der Waals surface area contributed by atoms with Gasteiger partial charge in [-0.25, -0.2) is 17.7 Å². The van der Waals surface area contributed by atoms with Gasteiger partial charge in [0.2, 0.25) is 15.9 Å². The fraction of sp³-hybridized carbons (Fsp3) is 0.800. The molecule has 3 fully saturated rings. The maximum atomic E-state index is 13.5. The fourth-order valence-electron chi connectivity index (χ4n) is 4.77. The Morgan fingerprint density at radius 1 is 1.32 bits per heavy atom. The van der Waals surface area contributed by atoms with Crippen molar-refractivity contribution in [2.75, 3.05) is 31.9 Å². The number of hydrogen-bond donors (Lipinski definition) is 0. The number of aromatic nitrogens is 2. The standard InChI is InChI=1S/C20H32N4O3S/c1-4-9-28(26,27)24-11-17(18-12-23(14-21-18)15(2)3)20(13-24)7-8-22(19(20)25)10-16-5-6-16/h12,14-17H,4-11,13H2,1-3H3/t17-,20+/m1/s1. The molecule has 1 amide bonds. The van der Waals surface area contributed by atoms with E-state index in [0.717, 1.165) is 25.2 Å². The minimum atomic E-state index is -3.35. The molecule has 3 aliphatic rings. The second kappa shape index (κ2) is 7.13. The van der Waals surface area contributed by atoms with Gasteiger partial charge in [-0.1, -0.05) is 6.92 Å². The van der Waals surface area contributed by atoms with Crippen LogP contribution in [0.3, 0.4) is 0 Å². The number of amides is 1. The Morgan fingerprint density at radius 2 is 2.07 bits per heavy atom. The summed E-state index contributed by atoms with van der Waals surface area (Å²) in [6.07, 6.45) is 7.52. The van der Waals surface area contributed by atoms with Crippen molar-refractivity contribution in [3.8, 4) is 0 Å². The monoisotopic (exact) mass is 408 g/mol. The van der Waals surface area contributed by atoms with Gasteiger partial charge in [-0.2, -0.15) is 0 Å². The Balaban J connectivity index is 1.67. The minimum absolute atomic E-state index is 0.135. The zero-order valence-corrected chi connectivity index (χ0v) is 18.0. The Kier molecular flexibility index (Phi) is 5.06. The molecule has 1 aromatic rings. The Hall–Kier alpha value is -1.41. The van der Waals surface area contributed by atoms with Crippen molar-refractivity contribution in [2.24, 2.45) is 11.3 Å². The summed E-state index contributed by atoms with van der Waals surface area (Å²) in [6, 6.07) is 0.282. The first-order chi connectivity index (χ1) is 13.3. The van der Waals surface area contributed by atoms with Crippen LogP contribution in [0.1, 0.15) is 64.1 Å². The van der Waals surface area contributed by atoms with Crippen molar-refractivity contribution in [2.45, 2.75) is 58.4 Å². The average molecular weight is 409 g/mol. The lowest BCUT2D eigenvalue weighted by atomic mass is 9.75. The molecular weight excluding hydrogens is 376 g/mol. The van der Waals surface area contributed by atoms with Gasteiger partial charge < -0.3 is 9.47 Å². The van der Waals surface area contributed by atoms with Crippen molar-refractivity contribution >= 4 is 15.9 Å². The van der Waals surface area contributed by atoms with Gasteiger partial charge in [-0.05, 0) is 45.4 Å². The van der Waals surface area contributed by atoms with Crippen molar-refractivity contribution in [1.82, 2.24) is 18.8 Å². The summed E-state index contributed by atoms with van der Waals surface area (Å²) < 4.78 is 29.2. The summed E-state index contributed by atoms with van der Waals surface area (Å²) in [6.45, 7) is 8.28. The highest BCUT2D eigenvalue weighted by atomic mass is 32.2. The topological polar surface area (TPSA) is 75.5 Å². The largest absolute Gasteiger partial charge is 0.342 e. The summed E-state index contributed by atoms with van der Waals surface area (Å²) in [5.74, 6) is 0.739. The summed E-state index contributed by atoms with van der Waals surface area (Å²) in [5, 5.41) is 0. The van der Waals surface area contributed by atoms with Gasteiger partial charge in [0.05, 0.1) is 23.2 Å². The van der Waals surface area contributed by atoms with Crippen molar-refractivity contribution in [3.63, 3.8) is 0 Å². The molecule has 156 valence electrons. The van der Waals surface area contributed by atoms with Gasteiger partial charge >= 0.3 is 0 Å². The van der Waals surface area contributed by atoms with Crippen LogP contribution in [-0.2, 0) is 14.8 Å². The predicted molar refractivity (Wildman–Crippen MR) is 107 cm³/mol. The number of likely N-dealkylation sites (tertiary alicyclic amines) is 1. The van der Waals surface area contributed by atoms with E-state index >= 15 is 0 Å². The smallest absolute Gasteiger partial charge is 0.230 e. The highest BCUT2D eigenvalue weighted by Gasteiger charge is 2.59. The summed E-state index contributed by atoms with van der Waals surface area (Å²) in [5.41, 5.74) is 0.191. The second-order valence-electron chi connectivity index (χ2n) is 9.10. The number of rotatable bonds is 7. The van der Waals surface area contributed by atoms with Gasteiger partial charge in [-0.15, -0.1) is 0 Å². The summed E-state index contributed by atoms with van der Waals surface area (Å²) >= 11 is 0. The van der Waals surface area contributed by atoms with Crippen molar-refractivity contribution in [3.05, 3.63) is 18.2 Å². The average Bonchev–Trinajstić information content (AvgIpc) is 3.05. The third-order valence-corrected chi connectivity index (χ3v) is 8.65. The van der Waals surface area contributed by atoms with Crippen molar-refractivity contribution in [1.29, 1.82) is 0 Å². The first kappa shape index (κ1) is 19.9. The highest BCUT2D eigenvalue weighted by molar-refractivity contribution is 7.89. The third kappa shape index (κ3) is 3.38. The molecule has 28 heavy (non-hydrogen) atoms. The maximum Gasteiger partial charge on any atom is 0.230 e. The van der Waals surface area contributed by atoms with Gasteiger partial charge in [-0.3, -0.25) is 4.79 Å². The molecule has 0 radical (unpaired) electrons. The molecule has 8 heteroatoms. The van der Waals surface area contributed by atoms with Crippen LogP contribution in [0.25, 0.3) is 0 Å². The van der Waals surface area contributed by atoms with Gasteiger partial charge in [0.15, 0.2) is 0 Å². The number of imidazole rings is 1. The van der Waals surface area contributed by atoms with Gasteiger partial charge in [0.1, 0.15) is 0 Å². The molecule has 0 unspecified atom stereocenters. The van der Waals surface area contributed by atoms with Gasteiger partial charge in [0.25, 0.3) is 0 Å². The molecule has 2 aliphatic heterocycles. The first-order valence-corrected chi connectivity index (χ1v) is 12.2. The molecule has 3 heterocycles. The van der Waals surface area contributed by atoms with Crippen LogP contribution in [0.5, 0.6) is 0 Å². The number of carbonyl (C=O) groups is 1. The SMILES string of the molecule is CCCS(=O)(=O)N1C[C@H](c2cn(C(C)C)cn2)[C@]2(CCN(CC3CC3)C2=O)C1. The lowest BCUT2D eigenvalue weighted by Crippen LogP contribution is -2.41. The molecule has 2 saturated heterocycles. The van der Waals surface area contributed by atoms with E-state index in [-0.39, 0.29) is 23.6 Å². The molecule has 4 rings (SSSR count). The zero-order valence-electron chi connectivity index (χ0n) is 17.2. The molecule has 1 aromatic heterocycles. The van der Waals surface area contributed by atoms with E-state index < -0.39 is 15.4 Å². The third-order valence-electron chi connectivity index (χ3n) is 6.66. The van der Waals surface area contributed by atoms with Crippen LogP contribution >= 0.6 is 0 Å². The molecule has 0 aromatic carbocycles. The minimum Gasteiger partial charge on any atom is -0.342 e. The molecule has 2 atom stereocenters. The molecular formula is C20H32N4O3S. The molecule has 1 aliphatic carbocycles. The Labute approximate surface area is 168 Å². The Bertz CT molecular complexity index is 845. The van der Waals surface area contributed by atoms with E-state index in [1.54, 1.807) is 10.6 Å². The lowest BCUT2D eigenvalue weighted by molar-refractivity contribution is -0.136. The molecule has 7 nitrogen and oxygen atoms in total. The number of carbonyl (C=O) groups excluding carboxylic acids is 1. The summed E-state index contributed by atoms with van der Waals surface area (Å²) in [7, 11) is -3.35. The van der Waals surface area contributed by atoms with Crippen LogP contribution in [-0.4, -0.2) is 65.0 Å². The normalized spacial score (nSPS) is 28.9. The predicted octanol–water partition coefficient (Wildman–Crippen LogP) is 2.23. The molecule has 0 bridgehead atoms. The van der Waals surface area contributed by atoms with Crippen LogP contribution in [0.4, 0.5) is 0 Å². The fourth-order valence-corrected chi connectivity index (χ4v) is 6.35. The number of nitrogens with zero attached hydrogens (tertiary/aromatic N) is 4. The molecule has 1 spiro atoms. The van der Waals surface area contributed by atoms with Crippen LogP contribution < -0.4 is 0 Å². The second-order valence-corrected chi connectivity index (χ2v) is 11.2. The first-order valence-electron chi connectivity index (χ1n) is 10.6. The molecule has 0 N–H and O–H groups in total. The van der Waals surface area contributed by atoms with E-state index in [2.05, 4.69) is 18.8 Å². The number of hydrogen-bond acceptors (Lipinski definition) is 4. The van der Waals surface area contributed by atoms with E-state index in [9.17, 15) is 13.2 Å². The summed E-state index contributed by atoms with van der Waals surface area (Å²) in [4.78, 5) is 20.1. The number of sulfonamides is 1. The van der Waals surface area contributed by atoms with Crippen molar-refractivity contribution < 1.29 is 13.2 Å². The van der Waals surface area contributed by atoms with Gasteiger partial charge in [0, 0.05) is 44.3 Å². The van der Waals surface area contributed by atoms with Crippen LogP contribution in [0, 0.1) is 11.3 Å². The lowest BCUT2D eigenvalue weighted by Gasteiger charge is -2.28. The van der Waals surface area contributed by atoms with E-state index in [4.69, 9.17) is 0 Å². The van der Waals surface area contributed by atoms with E-state index in [1.807, 2.05) is 22.6 Å². The molecule has 1 saturated carbocycles. The van der Waals surface area contributed by atoms with Crippen LogP contribution in [0.2, 0.25) is 0 Å². The zero-order chi connectivity index (χ0) is 20.1. The van der Waals surface area contributed by atoms with Crippen LogP contribution in [0.15, 0.2) is 12.5 Å². The highest BCUT2D eigenvalue weighted by Crippen LogP contribution is 2.51. The van der Waals surface area contributed by atoms with E-state index in [1.165, 1.54) is 12.8 Å². The quantitative estimate of drug-likeness (QED) is 0.693. The van der Waals surface area contributed by atoms with E-state index in [0.29, 0.717) is 25.4 Å². The Morgan fingerprint density at radius 3 is 2.68 bits per heavy atom. The maximum absolute atomic E-state index is 13.5.